The van der Waals surface area contributed by atoms with Crippen LogP contribution in [0.2, 0.25) is 5.02 Å². The molecular weight excluding hydrogens is 305 g/mol. The third kappa shape index (κ3) is 4.21. The molecule has 0 bridgehead atoms. The monoisotopic (exact) mass is 319 g/mol. The average Bonchev–Trinajstić information content (AvgIpc) is 2.23. The van der Waals surface area contributed by atoms with Crippen LogP contribution in [0.5, 0.6) is 5.75 Å². The highest BCUT2D eigenvalue weighted by Crippen LogP contribution is 2.36. The molecule has 0 saturated carbocycles. The van der Waals surface area contributed by atoms with Gasteiger partial charge < -0.3 is 10.1 Å². The van der Waals surface area contributed by atoms with Gasteiger partial charge in [-0.1, -0.05) is 18.5 Å². The van der Waals surface area contributed by atoms with Crippen molar-refractivity contribution in [3.63, 3.8) is 0 Å². The van der Waals surface area contributed by atoms with Gasteiger partial charge in [0.25, 0.3) is 0 Å². The molecule has 0 atom stereocenters. The summed E-state index contributed by atoms with van der Waals surface area (Å²) in [6, 6.07) is 3.42. The lowest BCUT2D eigenvalue weighted by Crippen LogP contribution is -2.12. The number of amides is 1. The third-order valence-electron chi connectivity index (χ3n) is 2.05. The first kappa shape index (κ1) is 14.3. The van der Waals surface area contributed by atoms with Crippen LogP contribution in [0.1, 0.15) is 26.7 Å². The Morgan fingerprint density at radius 2 is 2.18 bits per heavy atom. The van der Waals surface area contributed by atoms with Crippen molar-refractivity contribution in [2.24, 2.45) is 0 Å². The van der Waals surface area contributed by atoms with Gasteiger partial charge in [-0.25, -0.2) is 0 Å². The zero-order valence-electron chi connectivity index (χ0n) is 9.85. The van der Waals surface area contributed by atoms with Crippen LogP contribution in [0.4, 0.5) is 5.69 Å². The van der Waals surface area contributed by atoms with E-state index in [4.69, 9.17) is 16.3 Å². The molecule has 1 N–H and O–H groups in total. The van der Waals surface area contributed by atoms with Gasteiger partial charge in [0.2, 0.25) is 5.91 Å². The van der Waals surface area contributed by atoms with Crippen molar-refractivity contribution in [2.75, 3.05) is 11.9 Å². The van der Waals surface area contributed by atoms with Gasteiger partial charge >= 0.3 is 0 Å². The van der Waals surface area contributed by atoms with Gasteiger partial charge in [0, 0.05) is 11.4 Å². The molecule has 0 aliphatic rings. The number of hydrogen-bond acceptors (Lipinski definition) is 2. The molecule has 3 nitrogen and oxygen atoms in total. The first-order valence-electron chi connectivity index (χ1n) is 5.50. The Labute approximate surface area is 115 Å². The Morgan fingerprint density at radius 3 is 2.76 bits per heavy atom. The van der Waals surface area contributed by atoms with Gasteiger partial charge in [-0.15, -0.1) is 0 Å². The zero-order chi connectivity index (χ0) is 12.8. The maximum atomic E-state index is 11.6. The first-order valence-corrected chi connectivity index (χ1v) is 6.67. The largest absolute Gasteiger partial charge is 0.491 e. The van der Waals surface area contributed by atoms with E-state index < -0.39 is 0 Å². The number of rotatable bonds is 5. The van der Waals surface area contributed by atoms with E-state index in [2.05, 4.69) is 21.2 Å². The van der Waals surface area contributed by atoms with Crippen molar-refractivity contribution in [1.82, 2.24) is 0 Å². The Bertz CT molecular complexity index is 410. The van der Waals surface area contributed by atoms with Crippen LogP contribution < -0.4 is 10.1 Å². The highest BCUT2D eigenvalue weighted by atomic mass is 79.9. The van der Waals surface area contributed by atoms with E-state index in [1.54, 1.807) is 12.1 Å². The number of halogens is 2. The highest BCUT2D eigenvalue weighted by Gasteiger charge is 2.12. The molecule has 17 heavy (non-hydrogen) atoms. The topological polar surface area (TPSA) is 38.3 Å². The number of hydrogen-bond donors (Lipinski definition) is 1. The minimum atomic E-state index is -0.0392. The lowest BCUT2D eigenvalue weighted by atomic mass is 10.2. The van der Waals surface area contributed by atoms with Crippen molar-refractivity contribution in [2.45, 2.75) is 26.7 Å². The lowest BCUT2D eigenvalue weighted by molar-refractivity contribution is -0.116. The van der Waals surface area contributed by atoms with Crippen molar-refractivity contribution in [3.8, 4) is 5.75 Å². The van der Waals surface area contributed by atoms with Crippen LogP contribution in [0.25, 0.3) is 0 Å². The van der Waals surface area contributed by atoms with Gasteiger partial charge in [0.15, 0.2) is 5.75 Å². The fourth-order valence-corrected chi connectivity index (χ4v) is 2.31. The molecule has 5 heteroatoms. The van der Waals surface area contributed by atoms with E-state index in [0.717, 1.165) is 10.9 Å². The van der Waals surface area contributed by atoms with Gasteiger partial charge in [-0.2, -0.15) is 0 Å². The number of benzene rings is 1. The molecule has 1 aromatic rings. The van der Waals surface area contributed by atoms with E-state index >= 15 is 0 Å². The van der Waals surface area contributed by atoms with Crippen LogP contribution in [0, 0.1) is 0 Å². The second kappa shape index (κ2) is 6.87. The van der Waals surface area contributed by atoms with Gasteiger partial charge in [0.1, 0.15) is 0 Å². The number of nitrogens with one attached hydrogen (secondary N) is 1. The summed E-state index contributed by atoms with van der Waals surface area (Å²) in [5, 5.41) is 3.35. The van der Waals surface area contributed by atoms with Crippen molar-refractivity contribution in [3.05, 3.63) is 21.6 Å². The fraction of sp³-hybridized carbons (Fsp3) is 0.417. The van der Waals surface area contributed by atoms with Crippen LogP contribution in [-0.4, -0.2) is 12.5 Å². The van der Waals surface area contributed by atoms with Crippen LogP contribution >= 0.6 is 27.5 Å². The predicted octanol–water partition coefficient (Wildman–Crippen LogP) is 4.24. The molecule has 1 amide bonds. The van der Waals surface area contributed by atoms with E-state index in [1.165, 1.54) is 0 Å². The summed E-state index contributed by atoms with van der Waals surface area (Å²) in [6.07, 6.45) is 1.28. The van der Waals surface area contributed by atoms with Gasteiger partial charge in [0.05, 0.1) is 16.8 Å². The molecule has 0 aliphatic heterocycles. The number of anilines is 1. The Hall–Kier alpha value is -0.740. The minimum Gasteiger partial charge on any atom is -0.491 e. The average molecular weight is 321 g/mol. The number of ether oxygens (including phenoxy) is 1. The normalized spacial score (nSPS) is 10.1. The standard InChI is InChI=1S/C12H15BrClNO2/c1-3-5-11(16)15-10-7-8(14)6-9(13)12(10)17-4-2/h6-7H,3-5H2,1-2H3,(H,15,16). The fourth-order valence-electron chi connectivity index (χ4n) is 1.38. The summed E-state index contributed by atoms with van der Waals surface area (Å²) >= 11 is 9.31. The minimum absolute atomic E-state index is 0.0392. The van der Waals surface area contributed by atoms with Crippen molar-refractivity contribution < 1.29 is 9.53 Å². The molecular formula is C12H15BrClNO2. The van der Waals surface area contributed by atoms with Crippen molar-refractivity contribution >= 4 is 39.1 Å². The highest BCUT2D eigenvalue weighted by molar-refractivity contribution is 9.10. The van der Waals surface area contributed by atoms with E-state index in [9.17, 15) is 4.79 Å². The predicted molar refractivity (Wildman–Crippen MR) is 73.9 cm³/mol. The lowest BCUT2D eigenvalue weighted by Gasteiger charge is -2.13. The molecule has 1 rings (SSSR count). The van der Waals surface area contributed by atoms with Crippen molar-refractivity contribution in [1.29, 1.82) is 0 Å². The Morgan fingerprint density at radius 1 is 1.47 bits per heavy atom. The SMILES string of the molecule is CCCC(=O)Nc1cc(Cl)cc(Br)c1OCC. The molecule has 0 heterocycles. The molecule has 0 radical (unpaired) electrons. The van der Waals surface area contributed by atoms with Gasteiger partial charge in [-0.3, -0.25) is 4.79 Å². The first-order chi connectivity index (χ1) is 8.08. The molecule has 0 unspecified atom stereocenters. The summed E-state index contributed by atoms with van der Waals surface area (Å²) in [6.45, 7) is 4.37. The molecule has 0 saturated heterocycles. The summed E-state index contributed by atoms with van der Waals surface area (Å²) in [7, 11) is 0. The molecule has 1 aromatic carbocycles. The Balaban J connectivity index is 2.98. The third-order valence-corrected chi connectivity index (χ3v) is 2.86. The van der Waals surface area contributed by atoms with E-state index in [-0.39, 0.29) is 5.91 Å². The summed E-state index contributed by atoms with van der Waals surface area (Å²) in [5.41, 5.74) is 0.602. The molecule has 94 valence electrons. The summed E-state index contributed by atoms with van der Waals surface area (Å²) in [5.74, 6) is 0.573. The van der Waals surface area contributed by atoms with E-state index in [0.29, 0.717) is 29.5 Å². The van der Waals surface area contributed by atoms with Crippen LogP contribution in [-0.2, 0) is 4.79 Å². The summed E-state index contributed by atoms with van der Waals surface area (Å²) < 4.78 is 6.22. The quantitative estimate of drug-likeness (QED) is 0.881. The van der Waals surface area contributed by atoms with Crippen LogP contribution in [0.15, 0.2) is 16.6 Å². The second-order valence-electron chi connectivity index (χ2n) is 3.50. The molecule has 0 aromatic heterocycles. The summed E-state index contributed by atoms with van der Waals surface area (Å²) in [4.78, 5) is 11.6. The Kier molecular flexibility index (Phi) is 5.78. The molecule has 0 aliphatic carbocycles. The molecule has 0 spiro atoms. The maximum Gasteiger partial charge on any atom is 0.224 e. The molecule has 0 fully saturated rings. The smallest absolute Gasteiger partial charge is 0.224 e. The number of carbonyl (C=O) groups is 1. The second-order valence-corrected chi connectivity index (χ2v) is 4.79. The van der Waals surface area contributed by atoms with E-state index in [1.807, 2.05) is 13.8 Å². The van der Waals surface area contributed by atoms with Gasteiger partial charge in [-0.05, 0) is 41.4 Å². The number of carbonyl (C=O) groups excluding carboxylic acids is 1. The van der Waals surface area contributed by atoms with Crippen LogP contribution in [0.3, 0.4) is 0 Å². The maximum absolute atomic E-state index is 11.6. The zero-order valence-corrected chi connectivity index (χ0v) is 12.2.